The monoisotopic (exact) mass is 532 g/mol. The number of aliphatic hydroxyl groups excluding tert-OH is 1. The molecule has 4 heterocycles. The van der Waals surface area contributed by atoms with Gasteiger partial charge in [-0.25, -0.2) is 4.98 Å². The number of pyridine rings is 1. The number of benzene rings is 2. The zero-order valence-corrected chi connectivity index (χ0v) is 21.7. The first-order chi connectivity index (χ1) is 19.5. The van der Waals surface area contributed by atoms with Gasteiger partial charge >= 0.3 is 0 Å². The highest BCUT2D eigenvalue weighted by Gasteiger charge is 2.31. The summed E-state index contributed by atoms with van der Waals surface area (Å²) >= 11 is 0. The predicted molar refractivity (Wildman–Crippen MR) is 151 cm³/mol. The number of piperidine rings is 1. The number of nitrogens with two attached hydrogens (primary N) is 1. The first-order valence-corrected chi connectivity index (χ1v) is 13.2. The predicted octanol–water partition coefficient (Wildman–Crippen LogP) is 4.29. The smallest absolute Gasteiger partial charge is 0.256 e. The highest BCUT2D eigenvalue weighted by atomic mass is 16.3. The molecule has 0 saturated carbocycles. The summed E-state index contributed by atoms with van der Waals surface area (Å²) in [4.78, 5) is 36.3. The van der Waals surface area contributed by atoms with E-state index < -0.39 is 6.10 Å². The maximum Gasteiger partial charge on any atom is 0.256 e. The number of rotatable bonds is 6. The van der Waals surface area contributed by atoms with E-state index in [2.05, 4.69) is 10.1 Å². The van der Waals surface area contributed by atoms with Crippen LogP contribution in [0.1, 0.15) is 46.5 Å². The average molecular weight is 533 g/mol. The summed E-state index contributed by atoms with van der Waals surface area (Å²) < 4.78 is 1.49. The molecule has 9 nitrogen and oxygen atoms in total. The van der Waals surface area contributed by atoms with Crippen LogP contribution in [0.2, 0.25) is 0 Å². The number of hydrogen-bond acceptors (Lipinski definition) is 7. The number of hydrogen-bond donors (Lipinski definition) is 2. The van der Waals surface area contributed by atoms with E-state index >= 15 is 0 Å². The van der Waals surface area contributed by atoms with Crippen LogP contribution < -0.4 is 5.73 Å². The quantitative estimate of drug-likeness (QED) is 0.312. The van der Waals surface area contributed by atoms with Gasteiger partial charge in [0.2, 0.25) is 0 Å². The third-order valence-electron chi connectivity index (χ3n) is 7.55. The van der Waals surface area contributed by atoms with Crippen LogP contribution in [-0.4, -0.2) is 54.9 Å². The van der Waals surface area contributed by atoms with Crippen LogP contribution in [0.3, 0.4) is 0 Å². The maximum absolute atomic E-state index is 12.9. The summed E-state index contributed by atoms with van der Waals surface area (Å²) in [5.74, 6) is -0.174. The molecule has 5 aromatic rings. The Morgan fingerprint density at radius 3 is 2.30 bits per heavy atom. The topological polar surface area (TPSA) is 127 Å². The number of likely N-dealkylation sites (tertiary alicyclic amines) is 1. The van der Waals surface area contributed by atoms with E-state index in [4.69, 9.17) is 10.7 Å². The number of nitrogen functional groups attached to an aromatic ring is 1. The van der Waals surface area contributed by atoms with Crippen LogP contribution in [0.4, 0.5) is 5.82 Å². The van der Waals surface area contributed by atoms with E-state index in [0.717, 1.165) is 28.7 Å². The number of amides is 1. The Bertz CT molecular complexity index is 1660. The van der Waals surface area contributed by atoms with Gasteiger partial charge < -0.3 is 15.7 Å². The minimum absolute atomic E-state index is 0.0771. The molecule has 6 rings (SSSR count). The van der Waals surface area contributed by atoms with E-state index in [1.54, 1.807) is 41.6 Å². The summed E-state index contributed by atoms with van der Waals surface area (Å²) in [5, 5.41) is 15.0. The van der Waals surface area contributed by atoms with Crippen molar-refractivity contribution >= 4 is 23.7 Å². The van der Waals surface area contributed by atoms with Gasteiger partial charge in [-0.05, 0) is 24.5 Å². The average Bonchev–Trinajstić information content (AvgIpc) is 3.46. The van der Waals surface area contributed by atoms with Crippen molar-refractivity contribution in [2.75, 3.05) is 18.8 Å². The van der Waals surface area contributed by atoms with Crippen molar-refractivity contribution in [3.05, 3.63) is 102 Å². The summed E-state index contributed by atoms with van der Waals surface area (Å²) in [5.41, 5.74) is 11.9. The lowest BCUT2D eigenvalue weighted by molar-refractivity contribution is -0.141. The fraction of sp³-hybridized carbons (Fsp3) is 0.194. The zero-order valence-electron chi connectivity index (χ0n) is 21.7. The Balaban J connectivity index is 1.27. The van der Waals surface area contributed by atoms with Gasteiger partial charge in [0.25, 0.3) is 5.91 Å². The Morgan fingerprint density at radius 1 is 0.950 bits per heavy atom. The molecule has 1 saturated heterocycles. The van der Waals surface area contributed by atoms with E-state index in [-0.39, 0.29) is 17.6 Å². The van der Waals surface area contributed by atoms with Crippen molar-refractivity contribution in [2.45, 2.75) is 24.9 Å². The summed E-state index contributed by atoms with van der Waals surface area (Å²) in [6, 6.07) is 22.8. The maximum atomic E-state index is 12.9. The van der Waals surface area contributed by atoms with E-state index in [1.807, 2.05) is 48.5 Å². The first-order valence-electron chi connectivity index (χ1n) is 13.2. The summed E-state index contributed by atoms with van der Waals surface area (Å²) in [7, 11) is 0. The van der Waals surface area contributed by atoms with Crippen molar-refractivity contribution in [1.29, 1.82) is 0 Å². The normalized spacial score (nSPS) is 14.8. The van der Waals surface area contributed by atoms with Crippen molar-refractivity contribution in [3.8, 4) is 22.4 Å². The second kappa shape index (κ2) is 10.7. The molecular formula is C31H28N6O3. The molecule has 0 bridgehead atoms. The Morgan fingerprint density at radius 2 is 1.65 bits per heavy atom. The van der Waals surface area contributed by atoms with Gasteiger partial charge in [-0.1, -0.05) is 66.7 Å². The van der Waals surface area contributed by atoms with Crippen molar-refractivity contribution < 1.29 is 14.7 Å². The molecule has 9 heteroatoms. The summed E-state index contributed by atoms with van der Waals surface area (Å²) in [6.07, 6.45) is 4.17. The summed E-state index contributed by atoms with van der Waals surface area (Å²) in [6.45, 7) is 0.880. The second-order valence-corrected chi connectivity index (χ2v) is 9.92. The molecule has 1 amide bonds. The lowest BCUT2D eigenvalue weighted by Gasteiger charge is -2.33. The zero-order chi connectivity index (χ0) is 27.6. The Hall–Kier alpha value is -4.89. The molecule has 3 N–H and O–H groups in total. The second-order valence-electron chi connectivity index (χ2n) is 9.92. The number of aldehydes is 1. The number of anilines is 1. The van der Waals surface area contributed by atoms with E-state index in [0.29, 0.717) is 48.4 Å². The van der Waals surface area contributed by atoms with E-state index in [9.17, 15) is 14.7 Å². The molecule has 1 aliphatic heterocycles. The Labute approximate surface area is 230 Å². The Kier molecular flexibility index (Phi) is 6.79. The fourth-order valence-electron chi connectivity index (χ4n) is 5.34. The third-order valence-corrected chi connectivity index (χ3v) is 7.55. The molecule has 200 valence electrons. The van der Waals surface area contributed by atoms with Crippen LogP contribution in [0, 0.1) is 0 Å². The van der Waals surface area contributed by atoms with Gasteiger partial charge in [-0.15, -0.1) is 0 Å². The van der Waals surface area contributed by atoms with Crippen LogP contribution in [0.15, 0.2) is 85.2 Å². The largest absolute Gasteiger partial charge is 0.383 e. The lowest BCUT2D eigenvalue weighted by Crippen LogP contribution is -2.41. The van der Waals surface area contributed by atoms with Crippen molar-refractivity contribution in [1.82, 2.24) is 24.5 Å². The number of nitrogens with zero attached hydrogens (tertiary/aromatic N) is 5. The molecular weight excluding hydrogens is 504 g/mol. The molecule has 0 aliphatic carbocycles. The van der Waals surface area contributed by atoms with Gasteiger partial charge in [0.1, 0.15) is 5.82 Å². The molecule has 1 unspecified atom stereocenters. The molecule has 3 aromatic heterocycles. The van der Waals surface area contributed by atoms with E-state index in [1.165, 1.54) is 4.52 Å². The number of aromatic nitrogens is 4. The highest BCUT2D eigenvalue weighted by Crippen LogP contribution is 2.34. The molecule has 1 atom stereocenters. The SMILES string of the molecule is Nc1c(C=O)c(C2CCN(C(=O)C(O)c3ccccc3)CC2)nc2c(-c3ccc(-c4ccccc4)nc3)cnn12. The molecule has 2 aromatic carbocycles. The number of fused-ring (bicyclic) bond motifs is 1. The standard InChI is InChI=1S/C31H28N6O3/c32-29-25(19-38)27(21-13-15-36(16-14-21)31(40)28(39)22-9-5-2-6-10-22)35-30-24(18-34-37(29)30)23-11-12-26(33-17-23)20-7-3-1-4-8-20/h1-12,17-19,21,28,39H,13-16,32H2. The van der Waals surface area contributed by atoms with Gasteiger partial charge in [-0.3, -0.25) is 14.6 Å². The minimum Gasteiger partial charge on any atom is -0.383 e. The van der Waals surface area contributed by atoms with Crippen LogP contribution >= 0.6 is 0 Å². The number of carbonyl (C=O) groups excluding carboxylic acids is 2. The number of aliphatic hydroxyl groups is 1. The van der Waals surface area contributed by atoms with Gasteiger partial charge in [0, 0.05) is 41.9 Å². The van der Waals surface area contributed by atoms with Crippen LogP contribution in [0.25, 0.3) is 28.0 Å². The molecule has 0 spiro atoms. The fourth-order valence-corrected chi connectivity index (χ4v) is 5.34. The molecule has 1 aliphatic rings. The van der Waals surface area contributed by atoms with Gasteiger partial charge in [-0.2, -0.15) is 9.61 Å². The molecule has 1 fully saturated rings. The van der Waals surface area contributed by atoms with Crippen LogP contribution in [-0.2, 0) is 4.79 Å². The van der Waals surface area contributed by atoms with Crippen molar-refractivity contribution in [3.63, 3.8) is 0 Å². The first kappa shape index (κ1) is 25.4. The highest BCUT2D eigenvalue weighted by molar-refractivity contribution is 5.87. The lowest BCUT2D eigenvalue weighted by atomic mass is 9.90. The molecule has 40 heavy (non-hydrogen) atoms. The number of carbonyl (C=O) groups is 2. The third kappa shape index (κ3) is 4.60. The molecule has 0 radical (unpaired) electrons. The van der Waals surface area contributed by atoms with Crippen LogP contribution in [0.5, 0.6) is 0 Å². The van der Waals surface area contributed by atoms with Crippen molar-refractivity contribution in [2.24, 2.45) is 0 Å². The van der Waals surface area contributed by atoms with Gasteiger partial charge in [0.05, 0.1) is 23.1 Å². The van der Waals surface area contributed by atoms with Gasteiger partial charge in [0.15, 0.2) is 18.0 Å². The minimum atomic E-state index is -1.20.